The molecule has 1 aromatic heterocycles. The van der Waals surface area contributed by atoms with E-state index >= 15 is 0 Å². The number of benzene rings is 3. The molecule has 0 saturated carbocycles. The molecule has 1 N–H and O–H groups in total. The first-order valence-electron chi connectivity index (χ1n) is 12.9. The number of carbonyl (C=O) groups is 1. The Bertz CT molecular complexity index is 1380. The van der Waals surface area contributed by atoms with E-state index in [9.17, 15) is 9.59 Å². The Kier molecular flexibility index (Phi) is 8.20. The Morgan fingerprint density at radius 3 is 2.13 bits per heavy atom. The van der Waals surface area contributed by atoms with Crippen molar-refractivity contribution in [3.05, 3.63) is 112 Å². The number of ether oxygens (including phenoxy) is 1. The van der Waals surface area contributed by atoms with E-state index in [2.05, 4.69) is 32.2 Å². The van der Waals surface area contributed by atoms with Gasteiger partial charge in [0.25, 0.3) is 5.56 Å². The monoisotopic (exact) mass is 509 g/mol. The van der Waals surface area contributed by atoms with E-state index in [1.165, 1.54) is 5.56 Å². The summed E-state index contributed by atoms with van der Waals surface area (Å²) in [5.74, 6) is 1.15. The van der Waals surface area contributed by atoms with Crippen molar-refractivity contribution < 1.29 is 9.53 Å². The fraction of sp³-hybridized carbons (Fsp3) is 0.267. The number of hydrogen-bond donors (Lipinski definition) is 1. The summed E-state index contributed by atoms with van der Waals surface area (Å²) in [7, 11) is 0. The summed E-state index contributed by atoms with van der Waals surface area (Å²) in [5, 5.41) is 8.32. The maximum absolute atomic E-state index is 12.7. The van der Waals surface area contributed by atoms with Gasteiger partial charge in [0, 0.05) is 51.1 Å². The van der Waals surface area contributed by atoms with Gasteiger partial charge in [0.15, 0.2) is 5.82 Å². The second kappa shape index (κ2) is 12.3. The highest BCUT2D eigenvalue weighted by molar-refractivity contribution is 5.76. The lowest BCUT2D eigenvalue weighted by molar-refractivity contribution is -0.133. The van der Waals surface area contributed by atoms with Gasteiger partial charge in [0.05, 0.1) is 0 Å². The molecule has 4 aromatic rings. The molecule has 1 aliphatic heterocycles. The van der Waals surface area contributed by atoms with Crippen LogP contribution in [0.15, 0.2) is 89.7 Å². The highest BCUT2D eigenvalue weighted by atomic mass is 16.5. The van der Waals surface area contributed by atoms with Gasteiger partial charge in [-0.1, -0.05) is 60.7 Å². The Morgan fingerprint density at radius 1 is 0.816 bits per heavy atom. The molecular formula is C30H31N5O3. The van der Waals surface area contributed by atoms with E-state index in [0.29, 0.717) is 25.5 Å². The van der Waals surface area contributed by atoms with Gasteiger partial charge in [-0.05, 0) is 35.4 Å². The lowest BCUT2D eigenvalue weighted by atomic mass is 10.1. The number of aromatic amines is 1. The fourth-order valence-electron chi connectivity index (χ4n) is 4.48. The Balaban J connectivity index is 1.10. The van der Waals surface area contributed by atoms with E-state index in [1.807, 2.05) is 77.7 Å². The molecule has 0 bridgehead atoms. The van der Waals surface area contributed by atoms with Gasteiger partial charge in [-0.2, -0.15) is 0 Å². The van der Waals surface area contributed by atoms with Crippen LogP contribution in [0.2, 0.25) is 0 Å². The number of H-pyrrole nitrogens is 1. The van der Waals surface area contributed by atoms with Crippen LogP contribution in [0, 0.1) is 0 Å². The summed E-state index contributed by atoms with van der Waals surface area (Å²) < 4.78 is 5.82. The lowest BCUT2D eigenvalue weighted by Gasteiger charge is -2.34. The molecule has 0 atom stereocenters. The van der Waals surface area contributed by atoms with Gasteiger partial charge in [-0.15, -0.1) is 10.2 Å². The van der Waals surface area contributed by atoms with Crippen molar-refractivity contribution in [3.63, 3.8) is 0 Å². The second-order valence-corrected chi connectivity index (χ2v) is 9.39. The quantitative estimate of drug-likeness (QED) is 0.370. The third-order valence-electron chi connectivity index (χ3n) is 6.69. The van der Waals surface area contributed by atoms with Crippen molar-refractivity contribution in [2.45, 2.75) is 26.0 Å². The number of nitrogens with one attached hydrogen (secondary N) is 1. The molecule has 1 saturated heterocycles. The maximum atomic E-state index is 12.7. The summed E-state index contributed by atoms with van der Waals surface area (Å²) in [5.41, 5.74) is 3.05. The van der Waals surface area contributed by atoms with E-state index in [-0.39, 0.29) is 30.0 Å². The number of rotatable bonds is 9. The average molecular weight is 510 g/mol. The molecule has 0 aliphatic carbocycles. The van der Waals surface area contributed by atoms with Crippen LogP contribution in [0.5, 0.6) is 5.75 Å². The SMILES string of the molecule is O=C(CCc1nnc(-c2ccc(OCc3ccccc3)cc2)[nH]c1=O)N1CCN(Cc2ccccc2)CC1. The van der Waals surface area contributed by atoms with E-state index in [0.717, 1.165) is 36.5 Å². The Morgan fingerprint density at radius 2 is 1.47 bits per heavy atom. The Labute approximate surface area is 221 Å². The summed E-state index contributed by atoms with van der Waals surface area (Å²) in [4.78, 5) is 32.4. The number of amides is 1. The molecule has 1 fully saturated rings. The maximum Gasteiger partial charge on any atom is 0.273 e. The number of nitrogens with zero attached hydrogens (tertiary/aromatic N) is 4. The van der Waals surface area contributed by atoms with Gasteiger partial charge in [0.1, 0.15) is 18.1 Å². The predicted molar refractivity (Wildman–Crippen MR) is 145 cm³/mol. The minimum Gasteiger partial charge on any atom is -0.489 e. The minimum absolute atomic E-state index is 0.0423. The molecule has 2 heterocycles. The van der Waals surface area contributed by atoms with Crippen molar-refractivity contribution in [2.24, 2.45) is 0 Å². The third-order valence-corrected chi connectivity index (χ3v) is 6.69. The lowest BCUT2D eigenvalue weighted by Crippen LogP contribution is -2.48. The molecule has 38 heavy (non-hydrogen) atoms. The molecule has 0 unspecified atom stereocenters. The fourth-order valence-corrected chi connectivity index (χ4v) is 4.48. The number of carbonyl (C=O) groups excluding carboxylic acids is 1. The van der Waals surface area contributed by atoms with Crippen molar-refractivity contribution in [3.8, 4) is 17.1 Å². The van der Waals surface area contributed by atoms with Crippen LogP contribution in [0.25, 0.3) is 11.4 Å². The average Bonchev–Trinajstić information content (AvgIpc) is 2.97. The summed E-state index contributed by atoms with van der Waals surface area (Å²) in [6.07, 6.45) is 0.501. The van der Waals surface area contributed by atoms with Crippen molar-refractivity contribution in [1.82, 2.24) is 25.0 Å². The molecule has 8 nitrogen and oxygen atoms in total. The van der Waals surface area contributed by atoms with Crippen LogP contribution in [0.4, 0.5) is 0 Å². The molecule has 1 aliphatic rings. The zero-order chi connectivity index (χ0) is 26.2. The molecule has 1 amide bonds. The number of hydrogen-bond acceptors (Lipinski definition) is 6. The third kappa shape index (κ3) is 6.72. The van der Waals surface area contributed by atoms with Crippen LogP contribution in [0.3, 0.4) is 0 Å². The second-order valence-electron chi connectivity index (χ2n) is 9.39. The van der Waals surface area contributed by atoms with Crippen LogP contribution in [0.1, 0.15) is 23.2 Å². The van der Waals surface area contributed by atoms with Crippen LogP contribution < -0.4 is 10.3 Å². The summed E-state index contributed by atoms with van der Waals surface area (Å²) in [6.45, 7) is 4.43. The van der Waals surface area contributed by atoms with E-state index in [1.54, 1.807) is 0 Å². The zero-order valence-corrected chi connectivity index (χ0v) is 21.3. The topological polar surface area (TPSA) is 91.4 Å². The normalized spacial score (nSPS) is 13.8. The molecule has 0 radical (unpaired) electrons. The van der Waals surface area contributed by atoms with Gasteiger partial charge in [-0.3, -0.25) is 14.5 Å². The van der Waals surface area contributed by atoms with Gasteiger partial charge in [0.2, 0.25) is 5.91 Å². The first kappa shape index (κ1) is 25.4. The van der Waals surface area contributed by atoms with Crippen LogP contribution in [-0.4, -0.2) is 57.1 Å². The van der Waals surface area contributed by atoms with Crippen molar-refractivity contribution in [2.75, 3.05) is 26.2 Å². The first-order valence-corrected chi connectivity index (χ1v) is 12.9. The number of piperazine rings is 1. The van der Waals surface area contributed by atoms with Gasteiger partial charge >= 0.3 is 0 Å². The minimum atomic E-state index is -0.320. The van der Waals surface area contributed by atoms with Crippen molar-refractivity contribution >= 4 is 5.91 Å². The molecule has 3 aromatic carbocycles. The highest BCUT2D eigenvalue weighted by Gasteiger charge is 2.21. The van der Waals surface area contributed by atoms with Crippen LogP contribution in [-0.2, 0) is 24.4 Å². The van der Waals surface area contributed by atoms with Gasteiger partial charge < -0.3 is 14.6 Å². The molecule has 0 spiro atoms. The predicted octanol–water partition coefficient (Wildman–Crippen LogP) is 3.69. The largest absolute Gasteiger partial charge is 0.489 e. The summed E-state index contributed by atoms with van der Waals surface area (Å²) >= 11 is 0. The number of aromatic nitrogens is 3. The van der Waals surface area contributed by atoms with E-state index in [4.69, 9.17) is 4.74 Å². The first-order chi connectivity index (χ1) is 18.6. The molecule has 8 heteroatoms. The smallest absolute Gasteiger partial charge is 0.273 e. The summed E-state index contributed by atoms with van der Waals surface area (Å²) in [6, 6.07) is 27.6. The zero-order valence-electron chi connectivity index (χ0n) is 21.3. The number of aryl methyl sites for hydroxylation is 1. The Hall–Kier alpha value is -4.30. The molecular weight excluding hydrogens is 478 g/mol. The molecule has 194 valence electrons. The van der Waals surface area contributed by atoms with Gasteiger partial charge in [-0.25, -0.2) is 0 Å². The molecule has 5 rings (SSSR count). The van der Waals surface area contributed by atoms with Crippen LogP contribution >= 0.6 is 0 Å². The standard InChI is InChI=1S/C30H31N5O3/c36-28(35-19-17-34(18-20-35)21-23-7-3-1-4-8-23)16-15-27-30(37)31-29(33-32-27)25-11-13-26(14-12-25)38-22-24-9-5-2-6-10-24/h1-14H,15-22H2,(H,31,33,37). The highest BCUT2D eigenvalue weighted by Crippen LogP contribution is 2.19. The van der Waals surface area contributed by atoms with Crippen molar-refractivity contribution in [1.29, 1.82) is 0 Å². The van der Waals surface area contributed by atoms with E-state index < -0.39 is 0 Å².